The molecule has 4 nitrogen and oxygen atoms in total. The summed E-state index contributed by atoms with van der Waals surface area (Å²) in [6, 6.07) is 0.461. The van der Waals surface area contributed by atoms with Crippen LogP contribution in [0.5, 0.6) is 0 Å². The van der Waals surface area contributed by atoms with Crippen LogP contribution in [0, 0.1) is 34.5 Å². The van der Waals surface area contributed by atoms with Crippen LogP contribution in [0.3, 0.4) is 0 Å². The lowest BCUT2D eigenvalue weighted by atomic mass is 9.47. The third kappa shape index (κ3) is 2.89. The van der Waals surface area contributed by atoms with Gasteiger partial charge >= 0.3 is 0 Å². The van der Waals surface area contributed by atoms with Crippen molar-refractivity contribution in [2.24, 2.45) is 34.5 Å². The SMILES string of the molecule is CN1C(=O)CC[C@]2(C)[C@H]3CC[C@]4(C)[C@@H](C=Cc5cnccn5)CC[C@H]4[C@@H]3CC[C@@H]12. The van der Waals surface area contributed by atoms with Crippen molar-refractivity contribution >= 4 is 12.0 Å². The van der Waals surface area contributed by atoms with E-state index in [2.05, 4.69) is 47.9 Å². The molecule has 4 aliphatic rings. The molecular formula is C25H35N3O. The zero-order valence-electron chi connectivity index (χ0n) is 18.2. The fourth-order valence-corrected chi connectivity index (χ4v) is 8.12. The second-order valence-corrected chi connectivity index (χ2v) is 10.7. The number of fused-ring (bicyclic) bond motifs is 5. The highest BCUT2D eigenvalue weighted by Gasteiger charge is 2.60. The monoisotopic (exact) mass is 393 g/mol. The van der Waals surface area contributed by atoms with Crippen LogP contribution in [0.15, 0.2) is 24.7 Å². The van der Waals surface area contributed by atoms with Gasteiger partial charge in [0, 0.05) is 31.9 Å². The molecule has 0 spiro atoms. The van der Waals surface area contributed by atoms with Crippen LogP contribution in [0.25, 0.3) is 6.08 Å². The molecule has 3 aliphatic carbocycles. The molecule has 3 saturated carbocycles. The molecular weight excluding hydrogens is 358 g/mol. The molecule has 1 aliphatic heterocycles. The minimum Gasteiger partial charge on any atom is -0.342 e. The number of rotatable bonds is 2. The second-order valence-electron chi connectivity index (χ2n) is 10.7. The Bertz CT molecular complexity index is 808. The van der Waals surface area contributed by atoms with Crippen LogP contribution in [0.4, 0.5) is 0 Å². The van der Waals surface area contributed by atoms with Crippen molar-refractivity contribution in [1.82, 2.24) is 14.9 Å². The number of aromatic nitrogens is 2. The number of piperidine rings is 1. The highest BCUT2D eigenvalue weighted by molar-refractivity contribution is 5.77. The van der Waals surface area contributed by atoms with Crippen LogP contribution < -0.4 is 0 Å². The Morgan fingerprint density at radius 3 is 2.66 bits per heavy atom. The van der Waals surface area contributed by atoms with Gasteiger partial charge in [-0.15, -0.1) is 0 Å². The molecule has 29 heavy (non-hydrogen) atoms. The van der Waals surface area contributed by atoms with Gasteiger partial charge < -0.3 is 4.90 Å². The third-order valence-electron chi connectivity index (χ3n) is 9.71. The lowest BCUT2D eigenvalue weighted by Crippen LogP contribution is -2.61. The molecule has 156 valence electrons. The molecule has 7 atom stereocenters. The molecule has 1 amide bonds. The van der Waals surface area contributed by atoms with Gasteiger partial charge in [-0.2, -0.15) is 0 Å². The summed E-state index contributed by atoms with van der Waals surface area (Å²) in [5.41, 5.74) is 1.70. The van der Waals surface area contributed by atoms with Crippen molar-refractivity contribution in [2.45, 2.75) is 71.3 Å². The molecule has 0 radical (unpaired) electrons. The van der Waals surface area contributed by atoms with Crippen LogP contribution in [-0.2, 0) is 4.79 Å². The summed E-state index contributed by atoms with van der Waals surface area (Å²) in [5, 5.41) is 0. The molecule has 4 heteroatoms. The number of hydrogen-bond donors (Lipinski definition) is 0. The largest absolute Gasteiger partial charge is 0.342 e. The summed E-state index contributed by atoms with van der Waals surface area (Å²) in [4.78, 5) is 23.0. The average Bonchev–Trinajstić information content (AvgIpc) is 3.07. The molecule has 0 bridgehead atoms. The van der Waals surface area contributed by atoms with Gasteiger partial charge in [0.25, 0.3) is 0 Å². The molecule has 4 fully saturated rings. The fourth-order valence-electron chi connectivity index (χ4n) is 8.12. The lowest BCUT2D eigenvalue weighted by molar-refractivity contribution is -0.157. The van der Waals surface area contributed by atoms with Crippen molar-refractivity contribution in [3.63, 3.8) is 0 Å². The zero-order chi connectivity index (χ0) is 20.2. The number of amides is 1. The second kappa shape index (κ2) is 6.92. The molecule has 1 aromatic rings. The van der Waals surface area contributed by atoms with Crippen molar-refractivity contribution in [1.29, 1.82) is 0 Å². The molecule has 0 unspecified atom stereocenters. The Hall–Kier alpha value is -1.71. The van der Waals surface area contributed by atoms with Gasteiger partial charge in [0.05, 0.1) is 11.9 Å². The normalized spacial score (nSPS) is 44.4. The first-order valence-corrected chi connectivity index (χ1v) is 11.6. The highest BCUT2D eigenvalue weighted by atomic mass is 16.2. The van der Waals surface area contributed by atoms with E-state index < -0.39 is 0 Å². The third-order valence-corrected chi connectivity index (χ3v) is 9.71. The van der Waals surface area contributed by atoms with Crippen LogP contribution in [-0.4, -0.2) is 33.9 Å². The first-order valence-electron chi connectivity index (χ1n) is 11.6. The number of likely N-dealkylation sites (tertiary alicyclic amines) is 1. The summed E-state index contributed by atoms with van der Waals surface area (Å²) in [6.45, 7) is 5.08. The van der Waals surface area contributed by atoms with Gasteiger partial charge in [0.1, 0.15) is 0 Å². The molecule has 1 saturated heterocycles. The summed E-state index contributed by atoms with van der Waals surface area (Å²) < 4.78 is 0. The standard InChI is InChI=1S/C25H35N3O/c1-24-12-10-21-19(7-9-22-25(21,2)13-11-23(29)28(22)3)20(24)8-5-17(24)4-6-18-16-26-14-15-27-18/h4,6,14-17,19-22H,5,7-13H2,1-3H3/t17-,19-,20-,21-,22+,24+,25+/m0/s1. The van der Waals surface area contributed by atoms with Gasteiger partial charge in [-0.05, 0) is 85.5 Å². The van der Waals surface area contributed by atoms with Gasteiger partial charge in [-0.25, -0.2) is 0 Å². The maximum Gasteiger partial charge on any atom is 0.222 e. The maximum absolute atomic E-state index is 12.3. The number of nitrogens with zero attached hydrogens (tertiary/aromatic N) is 3. The van der Waals surface area contributed by atoms with E-state index in [1.807, 2.05) is 6.20 Å². The Labute approximate surface area is 175 Å². The van der Waals surface area contributed by atoms with E-state index in [0.29, 0.717) is 28.7 Å². The molecule has 5 rings (SSSR count). The number of carbonyl (C=O) groups excluding carboxylic acids is 1. The smallest absolute Gasteiger partial charge is 0.222 e. The predicted molar refractivity (Wildman–Crippen MR) is 115 cm³/mol. The minimum absolute atomic E-state index is 0.320. The molecule has 1 aromatic heterocycles. The summed E-state index contributed by atoms with van der Waals surface area (Å²) in [5.74, 6) is 3.47. The van der Waals surface area contributed by atoms with Gasteiger partial charge in [-0.1, -0.05) is 19.9 Å². The lowest BCUT2D eigenvalue weighted by Gasteiger charge is -2.61. The zero-order valence-corrected chi connectivity index (χ0v) is 18.2. The summed E-state index contributed by atoms with van der Waals surface area (Å²) in [7, 11) is 2.06. The van der Waals surface area contributed by atoms with Gasteiger partial charge in [-0.3, -0.25) is 14.8 Å². The van der Waals surface area contributed by atoms with E-state index in [0.717, 1.165) is 36.3 Å². The quantitative estimate of drug-likeness (QED) is 0.713. The maximum atomic E-state index is 12.3. The molecule has 2 heterocycles. The van der Waals surface area contributed by atoms with E-state index in [1.165, 1.54) is 38.5 Å². The van der Waals surface area contributed by atoms with Crippen molar-refractivity contribution in [3.8, 4) is 0 Å². The average molecular weight is 394 g/mol. The first kappa shape index (κ1) is 19.3. The van der Waals surface area contributed by atoms with E-state index in [1.54, 1.807) is 12.4 Å². The van der Waals surface area contributed by atoms with Gasteiger partial charge in [0.2, 0.25) is 5.91 Å². The highest BCUT2D eigenvalue weighted by Crippen LogP contribution is 2.66. The van der Waals surface area contributed by atoms with Crippen LogP contribution >= 0.6 is 0 Å². The summed E-state index contributed by atoms with van der Waals surface area (Å²) in [6.07, 6.45) is 19.7. The van der Waals surface area contributed by atoms with Gasteiger partial charge in [0.15, 0.2) is 0 Å². The molecule has 0 aromatic carbocycles. The Morgan fingerprint density at radius 2 is 1.86 bits per heavy atom. The van der Waals surface area contributed by atoms with Crippen molar-refractivity contribution < 1.29 is 4.79 Å². The van der Waals surface area contributed by atoms with Crippen LogP contribution in [0.2, 0.25) is 0 Å². The van der Waals surface area contributed by atoms with E-state index in [9.17, 15) is 4.79 Å². The van der Waals surface area contributed by atoms with Crippen molar-refractivity contribution in [3.05, 3.63) is 30.4 Å². The number of carbonyl (C=O) groups is 1. The predicted octanol–water partition coefficient (Wildman–Crippen LogP) is 4.97. The molecule has 0 N–H and O–H groups in total. The topological polar surface area (TPSA) is 46.1 Å². The fraction of sp³-hybridized carbons (Fsp3) is 0.720. The Kier molecular flexibility index (Phi) is 4.60. The van der Waals surface area contributed by atoms with E-state index in [-0.39, 0.29) is 0 Å². The van der Waals surface area contributed by atoms with E-state index in [4.69, 9.17) is 0 Å². The van der Waals surface area contributed by atoms with Crippen molar-refractivity contribution in [2.75, 3.05) is 7.05 Å². The van der Waals surface area contributed by atoms with E-state index >= 15 is 0 Å². The summed E-state index contributed by atoms with van der Waals surface area (Å²) >= 11 is 0. The number of allylic oxidation sites excluding steroid dienone is 1. The Balaban J connectivity index is 1.38. The minimum atomic E-state index is 0.320. The Morgan fingerprint density at radius 1 is 1.03 bits per heavy atom. The first-order chi connectivity index (χ1) is 13.9. The van der Waals surface area contributed by atoms with Crippen LogP contribution in [0.1, 0.15) is 70.9 Å². The number of hydrogen-bond acceptors (Lipinski definition) is 3.